The second-order valence-corrected chi connectivity index (χ2v) is 4.30. The Morgan fingerprint density at radius 2 is 1.85 bits per heavy atom. The lowest BCUT2D eigenvalue weighted by atomic mass is 10.1. The van der Waals surface area contributed by atoms with Crippen LogP contribution < -0.4 is 0 Å². The Morgan fingerprint density at radius 3 is 2.60 bits per heavy atom. The van der Waals surface area contributed by atoms with Crippen molar-refractivity contribution in [3.8, 4) is 11.4 Å². The van der Waals surface area contributed by atoms with E-state index in [2.05, 4.69) is 19.9 Å². The van der Waals surface area contributed by atoms with Gasteiger partial charge in [-0.25, -0.2) is 15.0 Å². The molecule has 20 heavy (non-hydrogen) atoms. The fraction of sp³-hybridized carbons (Fsp3) is 0.154. The third kappa shape index (κ3) is 2.11. The number of H-pyrrole nitrogens is 1. The molecule has 102 valence electrons. The van der Waals surface area contributed by atoms with Crippen molar-refractivity contribution in [3.63, 3.8) is 0 Å². The van der Waals surface area contributed by atoms with Crippen LogP contribution in [0.1, 0.15) is 11.4 Å². The van der Waals surface area contributed by atoms with Crippen LogP contribution in [0.4, 0.5) is 13.2 Å². The van der Waals surface area contributed by atoms with Gasteiger partial charge in [0, 0.05) is 5.56 Å². The van der Waals surface area contributed by atoms with Crippen LogP contribution in [0.2, 0.25) is 0 Å². The molecule has 0 aliphatic heterocycles. The summed E-state index contributed by atoms with van der Waals surface area (Å²) >= 11 is 0. The zero-order valence-electron chi connectivity index (χ0n) is 10.4. The van der Waals surface area contributed by atoms with Crippen LogP contribution in [0.15, 0.2) is 30.5 Å². The van der Waals surface area contributed by atoms with Crippen LogP contribution in [0.5, 0.6) is 0 Å². The summed E-state index contributed by atoms with van der Waals surface area (Å²) in [4.78, 5) is 15.1. The topological polar surface area (TPSA) is 54.5 Å². The summed E-state index contributed by atoms with van der Waals surface area (Å²) in [7, 11) is 0. The summed E-state index contributed by atoms with van der Waals surface area (Å²) in [5, 5.41) is 0. The minimum absolute atomic E-state index is 0.0110. The maximum Gasteiger partial charge on any atom is 0.417 e. The zero-order chi connectivity index (χ0) is 14.3. The van der Waals surface area contributed by atoms with Crippen molar-refractivity contribution >= 4 is 11.2 Å². The zero-order valence-corrected chi connectivity index (χ0v) is 10.4. The first-order chi connectivity index (χ1) is 9.45. The number of rotatable bonds is 1. The summed E-state index contributed by atoms with van der Waals surface area (Å²) in [5.41, 5.74) is 0.134. The first-order valence-corrected chi connectivity index (χ1v) is 5.81. The number of aryl methyl sites for hydroxylation is 1. The maximum atomic E-state index is 13.0. The van der Waals surface area contributed by atoms with E-state index in [-0.39, 0.29) is 11.4 Å². The average Bonchev–Trinajstić information content (AvgIpc) is 2.76. The van der Waals surface area contributed by atoms with Crippen LogP contribution in [0, 0.1) is 6.92 Å². The number of alkyl halides is 3. The standard InChI is InChI=1S/C13H9F3N4/c1-7-18-10-6-17-11(20-12(10)19-7)8-4-2-3-5-9(8)13(14,15)16/h2-6H,1H3,(H,17,18,19,20). The van der Waals surface area contributed by atoms with Crippen molar-refractivity contribution in [3.05, 3.63) is 41.9 Å². The number of hydrogen-bond donors (Lipinski definition) is 1. The lowest BCUT2D eigenvalue weighted by Gasteiger charge is -2.11. The second kappa shape index (κ2) is 4.29. The van der Waals surface area contributed by atoms with E-state index >= 15 is 0 Å². The summed E-state index contributed by atoms with van der Waals surface area (Å²) in [6.45, 7) is 1.74. The highest BCUT2D eigenvalue weighted by molar-refractivity contribution is 5.73. The van der Waals surface area contributed by atoms with Gasteiger partial charge >= 0.3 is 6.18 Å². The number of nitrogens with zero attached hydrogens (tertiary/aromatic N) is 3. The monoisotopic (exact) mass is 278 g/mol. The number of aromatic nitrogens is 4. The Hall–Kier alpha value is -2.44. The number of fused-ring (bicyclic) bond motifs is 1. The van der Waals surface area contributed by atoms with Gasteiger partial charge in [0.1, 0.15) is 11.3 Å². The molecule has 0 aliphatic rings. The predicted molar refractivity (Wildman–Crippen MR) is 66.9 cm³/mol. The molecule has 0 saturated carbocycles. The average molecular weight is 278 g/mol. The van der Waals surface area contributed by atoms with E-state index in [0.29, 0.717) is 17.0 Å². The van der Waals surface area contributed by atoms with Crippen molar-refractivity contribution in [1.82, 2.24) is 19.9 Å². The van der Waals surface area contributed by atoms with Gasteiger partial charge in [-0.2, -0.15) is 13.2 Å². The molecule has 0 radical (unpaired) electrons. The molecule has 2 aromatic heterocycles. The summed E-state index contributed by atoms with van der Waals surface area (Å²) < 4.78 is 38.9. The van der Waals surface area contributed by atoms with E-state index in [1.54, 1.807) is 6.92 Å². The Kier molecular flexibility index (Phi) is 2.70. The molecule has 1 N–H and O–H groups in total. The van der Waals surface area contributed by atoms with Crippen molar-refractivity contribution in [2.24, 2.45) is 0 Å². The third-order valence-corrected chi connectivity index (χ3v) is 2.83. The van der Waals surface area contributed by atoms with Crippen molar-refractivity contribution in [1.29, 1.82) is 0 Å². The highest BCUT2D eigenvalue weighted by Crippen LogP contribution is 2.35. The molecule has 3 aromatic rings. The van der Waals surface area contributed by atoms with Crippen LogP contribution >= 0.6 is 0 Å². The molecule has 3 rings (SSSR count). The van der Waals surface area contributed by atoms with Gasteiger partial charge in [0.05, 0.1) is 11.8 Å². The highest BCUT2D eigenvalue weighted by atomic mass is 19.4. The number of nitrogens with one attached hydrogen (secondary N) is 1. The minimum Gasteiger partial charge on any atom is -0.340 e. The van der Waals surface area contributed by atoms with Crippen LogP contribution in [-0.2, 0) is 6.18 Å². The number of aromatic amines is 1. The first-order valence-electron chi connectivity index (χ1n) is 5.81. The van der Waals surface area contributed by atoms with Gasteiger partial charge in [-0.1, -0.05) is 18.2 Å². The van der Waals surface area contributed by atoms with Gasteiger partial charge in [0.25, 0.3) is 0 Å². The van der Waals surface area contributed by atoms with Gasteiger partial charge in [-0.05, 0) is 13.0 Å². The summed E-state index contributed by atoms with van der Waals surface area (Å²) in [6.07, 6.45) is -3.01. The van der Waals surface area contributed by atoms with Crippen molar-refractivity contribution in [2.45, 2.75) is 13.1 Å². The summed E-state index contributed by atoms with van der Waals surface area (Å²) in [5.74, 6) is 0.646. The smallest absolute Gasteiger partial charge is 0.340 e. The Labute approximate surface area is 111 Å². The van der Waals surface area contributed by atoms with E-state index in [0.717, 1.165) is 6.07 Å². The fourth-order valence-corrected chi connectivity index (χ4v) is 1.98. The fourth-order valence-electron chi connectivity index (χ4n) is 1.98. The molecular weight excluding hydrogens is 269 g/mol. The molecule has 4 nitrogen and oxygen atoms in total. The number of halogens is 3. The molecule has 0 aliphatic carbocycles. The van der Waals surface area contributed by atoms with E-state index in [4.69, 9.17) is 0 Å². The van der Waals surface area contributed by atoms with Gasteiger partial charge in [-0.3, -0.25) is 0 Å². The molecule has 0 amide bonds. The van der Waals surface area contributed by atoms with Crippen LogP contribution in [0.3, 0.4) is 0 Å². The molecule has 0 saturated heterocycles. The van der Waals surface area contributed by atoms with Crippen LogP contribution in [-0.4, -0.2) is 19.9 Å². The first kappa shape index (κ1) is 12.6. The molecule has 2 heterocycles. The Bertz CT molecular complexity index is 777. The third-order valence-electron chi connectivity index (χ3n) is 2.83. The molecular formula is C13H9F3N4. The molecule has 0 spiro atoms. The quantitative estimate of drug-likeness (QED) is 0.742. The predicted octanol–water partition coefficient (Wildman–Crippen LogP) is 3.35. The van der Waals surface area contributed by atoms with Crippen LogP contribution in [0.25, 0.3) is 22.6 Å². The molecule has 0 unspecified atom stereocenters. The molecule has 7 heteroatoms. The molecule has 0 atom stereocenters. The number of hydrogen-bond acceptors (Lipinski definition) is 3. The Balaban J connectivity index is 2.20. The van der Waals surface area contributed by atoms with Gasteiger partial charge in [0.2, 0.25) is 0 Å². The minimum atomic E-state index is -4.45. The largest absolute Gasteiger partial charge is 0.417 e. The lowest BCUT2D eigenvalue weighted by Crippen LogP contribution is -2.08. The Morgan fingerprint density at radius 1 is 1.10 bits per heavy atom. The van der Waals surface area contributed by atoms with Gasteiger partial charge < -0.3 is 4.98 Å². The maximum absolute atomic E-state index is 13.0. The molecule has 0 bridgehead atoms. The van der Waals surface area contributed by atoms with Gasteiger partial charge in [-0.15, -0.1) is 0 Å². The number of benzene rings is 1. The lowest BCUT2D eigenvalue weighted by molar-refractivity contribution is -0.137. The molecule has 1 aromatic carbocycles. The van der Waals surface area contributed by atoms with Crippen molar-refractivity contribution < 1.29 is 13.2 Å². The SMILES string of the molecule is Cc1nc2nc(-c3ccccc3C(F)(F)F)ncc2[nH]1. The number of imidazole rings is 1. The van der Waals surface area contributed by atoms with E-state index in [1.165, 1.54) is 24.4 Å². The molecule has 0 fully saturated rings. The highest BCUT2D eigenvalue weighted by Gasteiger charge is 2.34. The van der Waals surface area contributed by atoms with E-state index in [1.807, 2.05) is 0 Å². The second-order valence-electron chi connectivity index (χ2n) is 4.30. The van der Waals surface area contributed by atoms with E-state index < -0.39 is 11.7 Å². The normalized spacial score (nSPS) is 12.0. The van der Waals surface area contributed by atoms with E-state index in [9.17, 15) is 13.2 Å². The van der Waals surface area contributed by atoms with Crippen molar-refractivity contribution in [2.75, 3.05) is 0 Å². The summed E-state index contributed by atoms with van der Waals surface area (Å²) in [6, 6.07) is 5.22. The van der Waals surface area contributed by atoms with Gasteiger partial charge in [0.15, 0.2) is 11.5 Å².